The number of hydrogen-bond acceptors (Lipinski definition) is 4. The van der Waals surface area contributed by atoms with Crippen LogP contribution >= 0.6 is 24.0 Å². The van der Waals surface area contributed by atoms with Gasteiger partial charge < -0.3 is 21.1 Å². The fourth-order valence-corrected chi connectivity index (χ4v) is 2.31. The van der Waals surface area contributed by atoms with Crippen LogP contribution in [0.25, 0.3) is 0 Å². The number of nitrogens with two attached hydrogens (primary N) is 1. The largest absolute Gasteiger partial charge is 0.483 e. The Morgan fingerprint density at radius 3 is 2.50 bits per heavy atom. The number of nitrogens with one attached hydrogen (secondary N) is 3. The maximum Gasteiger partial charge on any atom is 0.257 e. The van der Waals surface area contributed by atoms with E-state index in [2.05, 4.69) is 10.6 Å². The number of hydrogen-bond donors (Lipinski definition) is 4. The van der Waals surface area contributed by atoms with E-state index >= 15 is 0 Å². The van der Waals surface area contributed by atoms with Crippen molar-refractivity contribution in [3.8, 4) is 5.75 Å². The average Bonchev–Trinajstić information content (AvgIpc) is 2.66. The summed E-state index contributed by atoms with van der Waals surface area (Å²) in [4.78, 5) is 23.6. The molecule has 0 aliphatic carbocycles. The number of carbonyl (C=O) groups excluding carboxylic acids is 2. The Kier molecular flexibility index (Phi) is 8.69. The fourth-order valence-electron chi connectivity index (χ4n) is 2.13. The summed E-state index contributed by atoms with van der Waals surface area (Å²) in [5, 5.41) is 12.5. The van der Waals surface area contributed by atoms with E-state index in [9.17, 15) is 14.0 Å². The molecule has 0 saturated heterocycles. The molecule has 28 heavy (non-hydrogen) atoms. The topological polar surface area (TPSA) is 117 Å². The van der Waals surface area contributed by atoms with Crippen LogP contribution in [0, 0.1) is 11.2 Å². The van der Waals surface area contributed by atoms with Crippen molar-refractivity contribution in [3.05, 3.63) is 63.9 Å². The first-order valence-electron chi connectivity index (χ1n) is 7.85. The zero-order valence-electron chi connectivity index (χ0n) is 14.8. The number of nitrogen functional groups attached to an aromatic ring is 1. The Morgan fingerprint density at radius 1 is 1.21 bits per heavy atom. The lowest BCUT2D eigenvalue weighted by Crippen LogP contribution is -2.26. The monoisotopic (exact) mass is 428 g/mol. The first kappa shape index (κ1) is 23.2. The van der Waals surface area contributed by atoms with Crippen molar-refractivity contribution in [2.45, 2.75) is 6.54 Å². The smallest absolute Gasteiger partial charge is 0.257 e. The number of carbonyl (C=O) groups is 2. The third kappa shape index (κ3) is 6.11. The quantitative estimate of drug-likeness (QED) is 0.399. The summed E-state index contributed by atoms with van der Waals surface area (Å²) >= 11 is 5.69. The predicted molar refractivity (Wildman–Crippen MR) is 107 cm³/mol. The second kappa shape index (κ2) is 10.5. The Morgan fingerprint density at radius 2 is 1.89 bits per heavy atom. The van der Waals surface area contributed by atoms with Gasteiger partial charge >= 0.3 is 0 Å². The number of likely N-dealkylation sites (N-methyl/N-ethyl adjacent to an activating group) is 1. The van der Waals surface area contributed by atoms with Gasteiger partial charge in [0.05, 0.1) is 5.02 Å². The third-order valence-corrected chi connectivity index (χ3v) is 3.93. The Bertz CT molecular complexity index is 893. The molecule has 2 rings (SSSR count). The van der Waals surface area contributed by atoms with Gasteiger partial charge in [0.1, 0.15) is 17.4 Å². The van der Waals surface area contributed by atoms with Crippen LogP contribution in [-0.4, -0.2) is 31.3 Å². The second-order valence-corrected chi connectivity index (χ2v) is 5.92. The Labute approximate surface area is 172 Å². The van der Waals surface area contributed by atoms with E-state index in [1.807, 2.05) is 0 Å². The van der Waals surface area contributed by atoms with Crippen molar-refractivity contribution in [2.75, 3.05) is 13.7 Å². The van der Waals surface area contributed by atoms with Crippen molar-refractivity contribution in [3.63, 3.8) is 0 Å². The van der Waals surface area contributed by atoms with Crippen molar-refractivity contribution in [1.82, 2.24) is 10.6 Å². The number of benzene rings is 2. The van der Waals surface area contributed by atoms with Gasteiger partial charge in [-0.1, -0.05) is 23.7 Å². The van der Waals surface area contributed by atoms with Gasteiger partial charge in [0, 0.05) is 30.3 Å². The molecule has 2 aromatic carbocycles. The standard InChI is InChI=1S/C18H18ClFN4O3.ClH/c1-23-16(25)9-27-15-7-10(17(21)22)2-3-12(15)8-24-18(26)11-4-5-14(20)13(19)6-11;/h2-7H,8-9H2,1H3,(H3,21,22)(H,23,25)(H,24,26);1H. The molecule has 5 N–H and O–H groups in total. The molecule has 7 nitrogen and oxygen atoms in total. The highest BCUT2D eigenvalue weighted by molar-refractivity contribution is 6.31. The summed E-state index contributed by atoms with van der Waals surface area (Å²) in [6.45, 7) is -0.151. The molecule has 150 valence electrons. The van der Waals surface area contributed by atoms with Crippen LogP contribution in [0.3, 0.4) is 0 Å². The summed E-state index contributed by atoms with van der Waals surface area (Å²) in [6, 6.07) is 8.41. The van der Waals surface area contributed by atoms with Gasteiger partial charge in [0.2, 0.25) is 0 Å². The molecule has 0 aromatic heterocycles. The lowest BCUT2D eigenvalue weighted by Gasteiger charge is -2.13. The molecule has 0 fully saturated rings. The highest BCUT2D eigenvalue weighted by atomic mass is 35.5. The van der Waals surface area contributed by atoms with Crippen LogP contribution in [0.2, 0.25) is 5.02 Å². The van der Waals surface area contributed by atoms with Crippen LogP contribution in [0.1, 0.15) is 21.5 Å². The highest BCUT2D eigenvalue weighted by Crippen LogP contribution is 2.21. The van der Waals surface area contributed by atoms with Gasteiger partial charge in [-0.2, -0.15) is 0 Å². The Balaban J connectivity index is 0.00000392. The minimum Gasteiger partial charge on any atom is -0.483 e. The maximum atomic E-state index is 13.2. The normalized spacial score (nSPS) is 9.82. The summed E-state index contributed by atoms with van der Waals surface area (Å²) in [7, 11) is 1.48. The van der Waals surface area contributed by atoms with Crippen LogP contribution in [0.15, 0.2) is 36.4 Å². The van der Waals surface area contributed by atoms with E-state index in [0.29, 0.717) is 16.9 Å². The third-order valence-electron chi connectivity index (χ3n) is 3.64. The molecule has 0 atom stereocenters. The SMILES string of the molecule is CNC(=O)COc1cc(C(=N)N)ccc1CNC(=O)c1ccc(F)c(Cl)c1.Cl. The molecular formula is C18H19Cl2FN4O3. The number of ether oxygens (including phenoxy) is 1. The van der Waals surface area contributed by atoms with Crippen molar-refractivity contribution >= 4 is 41.7 Å². The van der Waals surface area contributed by atoms with Gasteiger partial charge in [-0.25, -0.2) is 4.39 Å². The molecule has 2 amide bonds. The molecule has 0 saturated carbocycles. The molecule has 0 aliphatic heterocycles. The first-order chi connectivity index (χ1) is 12.8. The highest BCUT2D eigenvalue weighted by Gasteiger charge is 2.12. The van der Waals surface area contributed by atoms with Gasteiger partial charge in [-0.3, -0.25) is 15.0 Å². The average molecular weight is 429 g/mol. The maximum absolute atomic E-state index is 13.2. The second-order valence-electron chi connectivity index (χ2n) is 5.51. The molecule has 0 heterocycles. The summed E-state index contributed by atoms with van der Waals surface area (Å²) in [6.07, 6.45) is 0. The van der Waals surface area contributed by atoms with Gasteiger partial charge in [-0.15, -0.1) is 12.4 Å². The predicted octanol–water partition coefficient (Wildman–Crippen LogP) is 2.24. The van der Waals surface area contributed by atoms with E-state index in [0.717, 1.165) is 6.07 Å². The van der Waals surface area contributed by atoms with Crippen LogP contribution in [0.5, 0.6) is 5.75 Å². The summed E-state index contributed by atoms with van der Waals surface area (Å²) in [5.41, 5.74) is 6.67. The van der Waals surface area contributed by atoms with Gasteiger partial charge in [-0.05, 0) is 24.3 Å². The summed E-state index contributed by atoms with van der Waals surface area (Å²) in [5.74, 6) is -1.25. The molecule has 0 radical (unpaired) electrons. The number of halogens is 3. The van der Waals surface area contributed by atoms with Gasteiger partial charge in [0.25, 0.3) is 11.8 Å². The van der Waals surface area contributed by atoms with Crippen molar-refractivity contribution < 1.29 is 18.7 Å². The zero-order chi connectivity index (χ0) is 20.0. The first-order valence-corrected chi connectivity index (χ1v) is 8.23. The zero-order valence-corrected chi connectivity index (χ0v) is 16.4. The summed E-state index contributed by atoms with van der Waals surface area (Å²) < 4.78 is 18.7. The Hall–Kier alpha value is -2.84. The van der Waals surface area contributed by atoms with Crippen molar-refractivity contribution in [1.29, 1.82) is 5.41 Å². The van der Waals surface area contributed by atoms with E-state index in [4.69, 9.17) is 27.5 Å². The van der Waals surface area contributed by atoms with Gasteiger partial charge in [0.15, 0.2) is 6.61 Å². The minimum absolute atomic E-state index is 0. The molecule has 10 heteroatoms. The molecule has 0 unspecified atom stereocenters. The molecule has 0 bridgehead atoms. The molecule has 2 aromatic rings. The lowest BCUT2D eigenvalue weighted by atomic mass is 10.1. The van der Waals surface area contributed by atoms with Crippen LogP contribution in [0.4, 0.5) is 4.39 Å². The molecule has 0 aliphatic rings. The van der Waals surface area contributed by atoms with E-state index in [1.54, 1.807) is 12.1 Å². The number of rotatable bonds is 7. The fraction of sp³-hybridized carbons (Fsp3) is 0.167. The van der Waals surface area contributed by atoms with Crippen molar-refractivity contribution in [2.24, 2.45) is 5.73 Å². The van der Waals surface area contributed by atoms with E-state index in [-0.39, 0.29) is 47.9 Å². The number of amides is 2. The minimum atomic E-state index is -0.613. The van der Waals surface area contributed by atoms with E-state index < -0.39 is 11.7 Å². The molecular weight excluding hydrogens is 410 g/mol. The lowest BCUT2D eigenvalue weighted by molar-refractivity contribution is -0.122. The van der Waals surface area contributed by atoms with E-state index in [1.165, 1.54) is 25.2 Å². The number of amidine groups is 1. The van der Waals surface area contributed by atoms with Crippen LogP contribution < -0.4 is 21.1 Å². The van der Waals surface area contributed by atoms with Crippen LogP contribution in [-0.2, 0) is 11.3 Å². The molecule has 0 spiro atoms.